The van der Waals surface area contributed by atoms with Crippen molar-refractivity contribution in [3.8, 4) is 0 Å². The van der Waals surface area contributed by atoms with Crippen LogP contribution in [0.1, 0.15) is 17.0 Å². The maximum atomic E-state index is 14.0. The lowest BCUT2D eigenvalue weighted by molar-refractivity contribution is -0.130. The fraction of sp³-hybridized carbons (Fsp3) is 0.0952. The van der Waals surface area contributed by atoms with Crippen molar-refractivity contribution in [3.63, 3.8) is 0 Å². The Morgan fingerprint density at radius 3 is 2.59 bits per heavy atom. The van der Waals surface area contributed by atoms with Gasteiger partial charge in [0.2, 0.25) is 0 Å². The first kappa shape index (κ1) is 18.4. The van der Waals surface area contributed by atoms with E-state index in [1.54, 1.807) is 53.2 Å². The van der Waals surface area contributed by atoms with Crippen molar-refractivity contribution >= 4 is 23.9 Å². The molecule has 3 aromatic rings. The minimum atomic E-state index is -0.810. The molecule has 7 nitrogen and oxygen atoms in total. The van der Waals surface area contributed by atoms with E-state index in [-0.39, 0.29) is 24.5 Å². The Balaban J connectivity index is 1.62. The molecule has 0 unspecified atom stereocenters. The molecule has 0 radical (unpaired) electrons. The van der Waals surface area contributed by atoms with E-state index >= 15 is 0 Å². The lowest BCUT2D eigenvalue weighted by Crippen LogP contribution is -2.53. The van der Waals surface area contributed by atoms with Crippen LogP contribution in [0.3, 0.4) is 0 Å². The van der Waals surface area contributed by atoms with Crippen molar-refractivity contribution in [2.75, 3.05) is 0 Å². The molecule has 146 valence electrons. The molecule has 29 heavy (non-hydrogen) atoms. The topological polar surface area (TPSA) is 84.6 Å². The highest BCUT2D eigenvalue weighted by Gasteiger charge is 2.36. The molecule has 0 atom stereocenters. The zero-order valence-corrected chi connectivity index (χ0v) is 15.2. The quantitative estimate of drug-likeness (QED) is 0.534. The van der Waals surface area contributed by atoms with Gasteiger partial charge in [-0.1, -0.05) is 18.2 Å². The summed E-state index contributed by atoms with van der Waals surface area (Å²) >= 11 is 0. The Bertz CT molecular complexity index is 1110. The van der Waals surface area contributed by atoms with E-state index in [1.165, 1.54) is 18.4 Å². The third-order valence-electron chi connectivity index (χ3n) is 4.54. The monoisotopic (exact) mass is 393 g/mol. The normalized spacial score (nSPS) is 15.8. The summed E-state index contributed by atoms with van der Waals surface area (Å²) in [5, 5.41) is 2.16. The number of nitrogens with zero attached hydrogens (tertiary/aromatic N) is 2. The van der Waals surface area contributed by atoms with Crippen LogP contribution in [0, 0.1) is 5.82 Å². The summed E-state index contributed by atoms with van der Waals surface area (Å²) in [6.07, 6.45) is 4.54. The Kier molecular flexibility index (Phi) is 4.82. The van der Waals surface area contributed by atoms with E-state index in [1.807, 2.05) is 0 Å². The fourth-order valence-electron chi connectivity index (χ4n) is 3.06. The molecular weight excluding hydrogens is 377 g/mol. The standard InChI is InChI=1S/C21H16FN3O4/c22-18-8-2-1-5-14(18)12-24-9-3-6-15(24)11-17-19(26)23-21(28)25(20(17)27)13-16-7-4-10-29-16/h1-11H,12-13H2,(H,23,26,28)/b17-11-. The average molecular weight is 393 g/mol. The van der Waals surface area contributed by atoms with E-state index in [0.29, 0.717) is 17.0 Å². The molecule has 0 spiro atoms. The second kappa shape index (κ2) is 7.59. The van der Waals surface area contributed by atoms with Gasteiger partial charge in [0, 0.05) is 17.5 Å². The van der Waals surface area contributed by atoms with Crippen LogP contribution in [0.15, 0.2) is 71.0 Å². The van der Waals surface area contributed by atoms with Gasteiger partial charge in [-0.3, -0.25) is 19.8 Å². The average Bonchev–Trinajstić information content (AvgIpc) is 3.36. The molecule has 1 aliphatic heterocycles. The van der Waals surface area contributed by atoms with Gasteiger partial charge >= 0.3 is 6.03 Å². The molecule has 0 bridgehead atoms. The minimum absolute atomic E-state index is 0.0987. The number of nitrogens with one attached hydrogen (secondary N) is 1. The van der Waals surface area contributed by atoms with Crippen LogP contribution in [0.2, 0.25) is 0 Å². The number of furan rings is 1. The lowest BCUT2D eigenvalue weighted by atomic mass is 10.1. The zero-order valence-electron chi connectivity index (χ0n) is 15.2. The highest BCUT2D eigenvalue weighted by atomic mass is 19.1. The largest absolute Gasteiger partial charge is 0.467 e. The van der Waals surface area contributed by atoms with Gasteiger partial charge < -0.3 is 8.98 Å². The van der Waals surface area contributed by atoms with Gasteiger partial charge in [0.15, 0.2) is 0 Å². The molecule has 4 rings (SSSR count). The van der Waals surface area contributed by atoms with Crippen molar-refractivity contribution in [3.05, 3.63) is 89.4 Å². The number of imide groups is 2. The summed E-state index contributed by atoms with van der Waals surface area (Å²) in [5.74, 6) is -1.45. The van der Waals surface area contributed by atoms with Crippen LogP contribution in [0.5, 0.6) is 0 Å². The number of urea groups is 1. The number of amides is 4. The number of hydrogen-bond acceptors (Lipinski definition) is 4. The van der Waals surface area contributed by atoms with Gasteiger partial charge in [0.1, 0.15) is 17.2 Å². The summed E-state index contributed by atoms with van der Waals surface area (Å²) in [5.41, 5.74) is 0.807. The molecule has 1 fully saturated rings. The molecule has 4 amide bonds. The van der Waals surface area contributed by atoms with Gasteiger partial charge in [0.05, 0.1) is 19.4 Å². The minimum Gasteiger partial charge on any atom is -0.467 e. The number of hydrogen-bond donors (Lipinski definition) is 1. The van der Waals surface area contributed by atoms with Crippen LogP contribution in [0.25, 0.3) is 6.08 Å². The van der Waals surface area contributed by atoms with Crippen molar-refractivity contribution < 1.29 is 23.2 Å². The summed E-state index contributed by atoms with van der Waals surface area (Å²) in [6, 6.07) is 12.2. The molecule has 8 heteroatoms. The molecule has 0 saturated carbocycles. The molecule has 1 N–H and O–H groups in total. The number of rotatable bonds is 5. The SMILES string of the molecule is O=C1NC(=O)N(Cc2ccco2)C(=O)/C1=C\c1cccn1Cc1ccccc1F. The maximum absolute atomic E-state index is 14.0. The number of barbiturate groups is 1. The third kappa shape index (κ3) is 3.73. The van der Waals surface area contributed by atoms with Crippen molar-refractivity contribution in [2.24, 2.45) is 0 Å². The van der Waals surface area contributed by atoms with E-state index in [2.05, 4.69) is 5.32 Å². The number of carbonyl (C=O) groups excluding carboxylic acids is 3. The first-order valence-corrected chi connectivity index (χ1v) is 8.83. The smallest absolute Gasteiger partial charge is 0.331 e. The first-order chi connectivity index (χ1) is 14.0. The Morgan fingerprint density at radius 2 is 1.83 bits per heavy atom. The summed E-state index contributed by atoms with van der Waals surface area (Å²) in [7, 11) is 0. The van der Waals surface area contributed by atoms with Gasteiger partial charge in [-0.05, 0) is 36.4 Å². The summed E-state index contributed by atoms with van der Waals surface area (Å²) < 4.78 is 20.9. The van der Waals surface area contributed by atoms with E-state index < -0.39 is 17.8 Å². The van der Waals surface area contributed by atoms with Crippen LogP contribution in [0.4, 0.5) is 9.18 Å². The molecule has 1 saturated heterocycles. The van der Waals surface area contributed by atoms with Gasteiger partial charge in [-0.2, -0.15) is 0 Å². The fourth-order valence-corrected chi connectivity index (χ4v) is 3.06. The number of benzene rings is 1. The van der Waals surface area contributed by atoms with Gasteiger partial charge in [-0.25, -0.2) is 9.18 Å². The second-order valence-electron chi connectivity index (χ2n) is 6.44. The Hall–Kier alpha value is -3.94. The number of aromatic nitrogens is 1. The Labute approximate surface area is 165 Å². The highest BCUT2D eigenvalue weighted by Crippen LogP contribution is 2.19. The summed E-state index contributed by atoms with van der Waals surface area (Å²) in [6.45, 7) is 0.127. The molecule has 1 aromatic carbocycles. The number of halogens is 1. The predicted molar refractivity (Wildman–Crippen MR) is 101 cm³/mol. The first-order valence-electron chi connectivity index (χ1n) is 8.83. The van der Waals surface area contributed by atoms with E-state index in [4.69, 9.17) is 4.42 Å². The van der Waals surface area contributed by atoms with Crippen molar-refractivity contribution in [1.29, 1.82) is 0 Å². The maximum Gasteiger partial charge on any atom is 0.331 e. The van der Waals surface area contributed by atoms with Crippen LogP contribution < -0.4 is 5.32 Å². The van der Waals surface area contributed by atoms with Crippen molar-refractivity contribution in [1.82, 2.24) is 14.8 Å². The van der Waals surface area contributed by atoms with Gasteiger partial charge in [-0.15, -0.1) is 0 Å². The zero-order chi connectivity index (χ0) is 20.4. The predicted octanol–water partition coefficient (Wildman–Crippen LogP) is 2.93. The Morgan fingerprint density at radius 1 is 1.00 bits per heavy atom. The molecule has 2 aromatic heterocycles. The molecular formula is C21H16FN3O4. The van der Waals surface area contributed by atoms with E-state index in [0.717, 1.165) is 4.90 Å². The van der Waals surface area contributed by atoms with Crippen LogP contribution in [-0.4, -0.2) is 27.3 Å². The number of carbonyl (C=O) groups is 3. The molecule has 1 aliphatic rings. The molecule has 3 heterocycles. The van der Waals surface area contributed by atoms with E-state index in [9.17, 15) is 18.8 Å². The molecule has 0 aliphatic carbocycles. The van der Waals surface area contributed by atoms with Crippen LogP contribution >= 0.6 is 0 Å². The lowest BCUT2D eigenvalue weighted by Gasteiger charge is -2.25. The third-order valence-corrected chi connectivity index (χ3v) is 4.54. The summed E-state index contributed by atoms with van der Waals surface area (Å²) in [4.78, 5) is 38.1. The van der Waals surface area contributed by atoms with Crippen LogP contribution in [-0.2, 0) is 22.7 Å². The van der Waals surface area contributed by atoms with Crippen molar-refractivity contribution in [2.45, 2.75) is 13.1 Å². The highest BCUT2D eigenvalue weighted by molar-refractivity contribution is 6.30. The second-order valence-corrected chi connectivity index (χ2v) is 6.44. The van der Waals surface area contributed by atoms with Gasteiger partial charge in [0.25, 0.3) is 11.8 Å².